The van der Waals surface area contributed by atoms with E-state index in [0.717, 1.165) is 31.7 Å². The van der Waals surface area contributed by atoms with Gasteiger partial charge in [-0.3, -0.25) is 14.5 Å². The van der Waals surface area contributed by atoms with E-state index in [0.29, 0.717) is 13.1 Å². The Labute approximate surface area is 124 Å². The van der Waals surface area contributed by atoms with Gasteiger partial charge in [0.05, 0.1) is 25.8 Å². The quantitative estimate of drug-likeness (QED) is 0.826. The maximum atomic E-state index is 12.3. The Hall–Kier alpha value is -1.82. The van der Waals surface area contributed by atoms with Crippen LogP contribution >= 0.6 is 0 Å². The predicted molar refractivity (Wildman–Crippen MR) is 76.7 cm³/mol. The molecule has 0 radical (unpaired) electrons. The third kappa shape index (κ3) is 5.23. The summed E-state index contributed by atoms with van der Waals surface area (Å²) in [6.07, 6.45) is 4.89. The van der Waals surface area contributed by atoms with Crippen LogP contribution in [-0.4, -0.2) is 53.0 Å². The summed E-state index contributed by atoms with van der Waals surface area (Å²) in [5, 5.41) is 8.83. The Morgan fingerprint density at radius 1 is 1.29 bits per heavy atom. The molecule has 0 aliphatic carbocycles. The molecule has 1 N–H and O–H groups in total. The number of hydrogen-bond acceptors (Lipinski definition) is 4. The molecule has 1 aliphatic heterocycles. The molecule has 1 fully saturated rings. The van der Waals surface area contributed by atoms with E-state index in [1.807, 2.05) is 15.9 Å². The number of nitrogens with zero attached hydrogens (tertiary/aromatic N) is 2. The molecule has 1 aliphatic rings. The van der Waals surface area contributed by atoms with Crippen LogP contribution in [-0.2, 0) is 16.1 Å². The van der Waals surface area contributed by atoms with Crippen LogP contribution in [0.4, 0.5) is 0 Å². The summed E-state index contributed by atoms with van der Waals surface area (Å²) < 4.78 is 5.28. The van der Waals surface area contributed by atoms with Crippen LogP contribution in [0.15, 0.2) is 22.8 Å². The average molecular weight is 294 g/mol. The van der Waals surface area contributed by atoms with Crippen molar-refractivity contribution in [3.63, 3.8) is 0 Å². The highest BCUT2D eigenvalue weighted by atomic mass is 16.4. The molecule has 6 heteroatoms. The van der Waals surface area contributed by atoms with E-state index in [-0.39, 0.29) is 18.9 Å². The first-order chi connectivity index (χ1) is 10.1. The van der Waals surface area contributed by atoms with Crippen LogP contribution in [0.1, 0.15) is 31.4 Å². The number of rotatable bonds is 7. The zero-order valence-corrected chi connectivity index (χ0v) is 12.2. The van der Waals surface area contributed by atoms with E-state index < -0.39 is 5.97 Å². The number of furan rings is 1. The summed E-state index contributed by atoms with van der Waals surface area (Å²) in [6, 6.07) is 3.62. The smallest absolute Gasteiger partial charge is 0.304 e. The second-order valence-corrected chi connectivity index (χ2v) is 5.38. The molecule has 1 amide bonds. The first kappa shape index (κ1) is 15.6. The van der Waals surface area contributed by atoms with Gasteiger partial charge in [-0.25, -0.2) is 0 Å². The number of hydrogen-bond donors (Lipinski definition) is 1. The monoisotopic (exact) mass is 294 g/mol. The Bertz CT molecular complexity index is 452. The van der Waals surface area contributed by atoms with Crippen molar-refractivity contribution in [1.82, 2.24) is 9.80 Å². The SMILES string of the molecule is O=C(O)CCN(CC(=O)N1CCCCC1)Cc1ccco1. The molecule has 1 aromatic heterocycles. The standard InChI is InChI=1S/C15H22N2O4/c18-14(17-7-2-1-3-8-17)12-16(9-6-15(19)20)11-13-5-4-10-21-13/h4-5,10H,1-3,6-9,11-12H2,(H,19,20). The summed E-state index contributed by atoms with van der Waals surface area (Å²) >= 11 is 0. The minimum atomic E-state index is -0.857. The van der Waals surface area contributed by atoms with Gasteiger partial charge in [0, 0.05) is 19.6 Å². The van der Waals surface area contributed by atoms with Gasteiger partial charge in [-0.1, -0.05) is 0 Å². The predicted octanol–water partition coefficient (Wildman–Crippen LogP) is 1.57. The zero-order chi connectivity index (χ0) is 15.1. The van der Waals surface area contributed by atoms with Crippen LogP contribution in [0.25, 0.3) is 0 Å². The highest BCUT2D eigenvalue weighted by molar-refractivity contribution is 5.78. The first-order valence-corrected chi connectivity index (χ1v) is 7.39. The third-order valence-electron chi connectivity index (χ3n) is 3.67. The van der Waals surface area contributed by atoms with Gasteiger partial charge < -0.3 is 14.4 Å². The van der Waals surface area contributed by atoms with Crippen LogP contribution in [0, 0.1) is 0 Å². The zero-order valence-electron chi connectivity index (χ0n) is 12.2. The van der Waals surface area contributed by atoms with Crippen molar-refractivity contribution >= 4 is 11.9 Å². The van der Waals surface area contributed by atoms with Gasteiger partial charge in [-0.05, 0) is 31.4 Å². The Balaban J connectivity index is 1.90. The topological polar surface area (TPSA) is 74.0 Å². The lowest BCUT2D eigenvalue weighted by molar-refractivity contribution is -0.139. The molecule has 0 saturated carbocycles. The van der Waals surface area contributed by atoms with E-state index in [1.54, 1.807) is 12.3 Å². The Kier molecular flexibility index (Phi) is 5.80. The average Bonchev–Trinajstić information content (AvgIpc) is 2.98. The highest BCUT2D eigenvalue weighted by Crippen LogP contribution is 2.11. The van der Waals surface area contributed by atoms with Crippen molar-refractivity contribution < 1.29 is 19.1 Å². The highest BCUT2D eigenvalue weighted by Gasteiger charge is 2.20. The molecule has 116 valence electrons. The second-order valence-electron chi connectivity index (χ2n) is 5.38. The largest absolute Gasteiger partial charge is 0.481 e. The van der Waals surface area contributed by atoms with Crippen LogP contribution in [0.5, 0.6) is 0 Å². The van der Waals surface area contributed by atoms with E-state index in [2.05, 4.69) is 0 Å². The number of carbonyl (C=O) groups is 2. The van der Waals surface area contributed by atoms with Gasteiger partial charge in [0.2, 0.25) is 5.91 Å². The second kappa shape index (κ2) is 7.83. The van der Waals surface area contributed by atoms with Crippen LogP contribution in [0.3, 0.4) is 0 Å². The van der Waals surface area contributed by atoms with E-state index in [1.165, 1.54) is 6.42 Å². The van der Waals surface area contributed by atoms with Crippen LogP contribution in [0.2, 0.25) is 0 Å². The summed E-state index contributed by atoms with van der Waals surface area (Å²) in [5.74, 6) is -0.0386. The van der Waals surface area contributed by atoms with Gasteiger partial charge in [0.25, 0.3) is 0 Å². The molecule has 1 saturated heterocycles. The Morgan fingerprint density at radius 3 is 2.67 bits per heavy atom. The number of piperidine rings is 1. The maximum absolute atomic E-state index is 12.3. The van der Waals surface area contributed by atoms with Crippen molar-refractivity contribution in [1.29, 1.82) is 0 Å². The number of likely N-dealkylation sites (tertiary alicyclic amines) is 1. The number of aliphatic carboxylic acids is 1. The number of carbonyl (C=O) groups excluding carboxylic acids is 1. The summed E-state index contributed by atoms with van der Waals surface area (Å²) in [4.78, 5) is 26.7. The molecular formula is C15H22N2O4. The van der Waals surface area contributed by atoms with Crippen molar-refractivity contribution in [3.05, 3.63) is 24.2 Å². The molecule has 0 unspecified atom stereocenters. The number of amides is 1. The molecule has 1 aromatic rings. The van der Waals surface area contributed by atoms with Crippen molar-refractivity contribution in [2.24, 2.45) is 0 Å². The molecule has 0 atom stereocenters. The molecule has 0 spiro atoms. The van der Waals surface area contributed by atoms with E-state index >= 15 is 0 Å². The fraction of sp³-hybridized carbons (Fsp3) is 0.600. The molecule has 21 heavy (non-hydrogen) atoms. The van der Waals surface area contributed by atoms with Gasteiger partial charge in [-0.15, -0.1) is 0 Å². The first-order valence-electron chi connectivity index (χ1n) is 7.39. The van der Waals surface area contributed by atoms with Gasteiger partial charge in [0.1, 0.15) is 5.76 Å². The van der Waals surface area contributed by atoms with Gasteiger partial charge in [-0.2, -0.15) is 0 Å². The summed E-state index contributed by atoms with van der Waals surface area (Å²) in [5.41, 5.74) is 0. The summed E-state index contributed by atoms with van der Waals surface area (Å²) in [7, 11) is 0. The molecule has 0 aromatic carbocycles. The summed E-state index contributed by atoms with van der Waals surface area (Å²) in [6.45, 7) is 2.67. The number of carboxylic acids is 1. The lowest BCUT2D eigenvalue weighted by atomic mass is 10.1. The number of carboxylic acid groups (broad SMARTS) is 1. The lowest BCUT2D eigenvalue weighted by Crippen LogP contribution is -2.43. The van der Waals surface area contributed by atoms with E-state index in [4.69, 9.17) is 9.52 Å². The lowest BCUT2D eigenvalue weighted by Gasteiger charge is -2.29. The molecular weight excluding hydrogens is 272 g/mol. The molecule has 6 nitrogen and oxygen atoms in total. The fourth-order valence-corrected chi connectivity index (χ4v) is 2.53. The molecule has 0 bridgehead atoms. The molecule has 2 rings (SSSR count). The normalized spacial score (nSPS) is 15.4. The minimum absolute atomic E-state index is 0.0218. The van der Waals surface area contributed by atoms with Crippen LogP contribution < -0.4 is 0 Å². The van der Waals surface area contributed by atoms with E-state index in [9.17, 15) is 9.59 Å². The fourth-order valence-electron chi connectivity index (χ4n) is 2.53. The molecule has 2 heterocycles. The van der Waals surface area contributed by atoms with Crippen molar-refractivity contribution in [3.8, 4) is 0 Å². The van der Waals surface area contributed by atoms with Gasteiger partial charge in [0.15, 0.2) is 0 Å². The minimum Gasteiger partial charge on any atom is -0.481 e. The van der Waals surface area contributed by atoms with Crippen molar-refractivity contribution in [2.45, 2.75) is 32.2 Å². The van der Waals surface area contributed by atoms with Crippen molar-refractivity contribution in [2.75, 3.05) is 26.2 Å². The Morgan fingerprint density at radius 2 is 2.05 bits per heavy atom. The van der Waals surface area contributed by atoms with Gasteiger partial charge >= 0.3 is 5.97 Å². The maximum Gasteiger partial charge on any atom is 0.304 e. The third-order valence-corrected chi connectivity index (χ3v) is 3.67.